The normalized spacial score (nSPS) is 28.4. The number of carbonyl (C=O) groups excluding carboxylic acids is 1. The second-order valence-corrected chi connectivity index (χ2v) is 7.31. The summed E-state index contributed by atoms with van der Waals surface area (Å²) >= 11 is 5.74. The van der Waals surface area contributed by atoms with E-state index >= 15 is 0 Å². The molecule has 0 heterocycles. The summed E-state index contributed by atoms with van der Waals surface area (Å²) < 4.78 is 39.5. The van der Waals surface area contributed by atoms with Gasteiger partial charge in [0.25, 0.3) is 5.91 Å². The van der Waals surface area contributed by atoms with Crippen LogP contribution in [0, 0.1) is 11.7 Å². The van der Waals surface area contributed by atoms with Crippen molar-refractivity contribution in [3.05, 3.63) is 34.6 Å². The molecule has 7 heteroatoms. The molecule has 0 saturated heterocycles. The Balaban J connectivity index is 1.38. The minimum atomic E-state index is -2.51. The highest BCUT2D eigenvalue weighted by Crippen LogP contribution is 2.38. The third-order valence-corrected chi connectivity index (χ3v) is 5.02. The zero-order valence-electron chi connectivity index (χ0n) is 13.1. The Hall–Kier alpha value is -1.27. The summed E-state index contributed by atoms with van der Waals surface area (Å²) in [4.78, 5) is 12.1. The Bertz CT molecular complexity index is 600. The van der Waals surface area contributed by atoms with Gasteiger partial charge in [0, 0.05) is 35.5 Å². The molecule has 2 aliphatic rings. The Morgan fingerprint density at radius 3 is 2.62 bits per heavy atom. The number of benzene rings is 1. The fourth-order valence-corrected chi connectivity index (χ4v) is 3.63. The predicted molar refractivity (Wildman–Crippen MR) is 86.0 cm³/mol. The van der Waals surface area contributed by atoms with E-state index in [4.69, 9.17) is 11.6 Å². The molecule has 3 rings (SSSR count). The van der Waals surface area contributed by atoms with Crippen molar-refractivity contribution in [2.24, 2.45) is 5.92 Å². The van der Waals surface area contributed by atoms with Crippen LogP contribution in [0.15, 0.2) is 18.2 Å². The monoisotopic (exact) mass is 360 g/mol. The predicted octanol–water partition coefficient (Wildman–Crippen LogP) is 3.76. The van der Waals surface area contributed by atoms with Crippen molar-refractivity contribution in [3.8, 4) is 0 Å². The van der Waals surface area contributed by atoms with Gasteiger partial charge in [0.2, 0.25) is 5.92 Å². The number of hydrogen-bond donors (Lipinski definition) is 2. The van der Waals surface area contributed by atoms with Crippen LogP contribution < -0.4 is 10.6 Å². The van der Waals surface area contributed by atoms with Gasteiger partial charge in [-0.15, -0.1) is 0 Å². The first-order valence-electron chi connectivity index (χ1n) is 8.19. The molecule has 0 aromatic heterocycles. The Morgan fingerprint density at radius 2 is 2.00 bits per heavy atom. The van der Waals surface area contributed by atoms with E-state index in [0.29, 0.717) is 13.0 Å². The summed E-state index contributed by atoms with van der Waals surface area (Å²) in [6.45, 7) is 0.598. The number of nitrogens with one attached hydrogen (secondary N) is 2. The average molecular weight is 361 g/mol. The summed E-state index contributed by atoms with van der Waals surface area (Å²) in [5, 5.41) is 6.31. The number of alkyl halides is 2. The molecule has 1 atom stereocenters. The molecule has 2 N–H and O–H groups in total. The van der Waals surface area contributed by atoms with Crippen molar-refractivity contribution < 1.29 is 18.0 Å². The summed E-state index contributed by atoms with van der Waals surface area (Å²) in [5.74, 6) is -3.37. The third-order valence-electron chi connectivity index (χ3n) is 4.80. The van der Waals surface area contributed by atoms with E-state index in [-0.39, 0.29) is 47.3 Å². The van der Waals surface area contributed by atoms with E-state index in [1.54, 1.807) is 0 Å². The zero-order chi connectivity index (χ0) is 17.3. The second-order valence-electron chi connectivity index (χ2n) is 6.87. The molecule has 2 aliphatic carbocycles. The first kappa shape index (κ1) is 17.5. The number of amides is 1. The number of hydrogen-bond acceptors (Lipinski definition) is 2. The van der Waals surface area contributed by atoms with E-state index in [1.807, 2.05) is 0 Å². The van der Waals surface area contributed by atoms with Crippen molar-refractivity contribution >= 4 is 17.5 Å². The van der Waals surface area contributed by atoms with E-state index in [0.717, 1.165) is 25.0 Å². The molecular formula is C17H20ClF3N2O. The Kier molecular flexibility index (Phi) is 5.06. The topological polar surface area (TPSA) is 41.1 Å². The van der Waals surface area contributed by atoms with Gasteiger partial charge < -0.3 is 10.6 Å². The van der Waals surface area contributed by atoms with Gasteiger partial charge in [-0.1, -0.05) is 11.6 Å². The minimum Gasteiger partial charge on any atom is -0.349 e. The van der Waals surface area contributed by atoms with Gasteiger partial charge >= 0.3 is 0 Å². The first-order chi connectivity index (χ1) is 11.3. The molecule has 2 fully saturated rings. The maximum Gasteiger partial charge on any atom is 0.251 e. The van der Waals surface area contributed by atoms with Crippen LogP contribution in [-0.2, 0) is 0 Å². The molecule has 1 amide bonds. The maximum absolute atomic E-state index is 13.3. The van der Waals surface area contributed by atoms with Gasteiger partial charge in [0.1, 0.15) is 5.82 Å². The number of halogens is 4. The minimum absolute atomic E-state index is 0.0150. The van der Waals surface area contributed by atoms with Crippen molar-refractivity contribution in [2.75, 3.05) is 6.54 Å². The molecule has 132 valence electrons. The maximum atomic E-state index is 13.3. The van der Waals surface area contributed by atoms with Gasteiger partial charge in [0.05, 0.1) is 0 Å². The van der Waals surface area contributed by atoms with Crippen molar-refractivity contribution in [1.82, 2.24) is 10.6 Å². The quantitative estimate of drug-likeness (QED) is 0.839. The lowest BCUT2D eigenvalue weighted by Gasteiger charge is -2.37. The third kappa shape index (κ3) is 4.42. The van der Waals surface area contributed by atoms with Crippen molar-refractivity contribution in [2.45, 2.75) is 50.1 Å². The first-order valence-corrected chi connectivity index (χ1v) is 8.57. The lowest BCUT2D eigenvalue weighted by molar-refractivity contribution is 0.00479. The van der Waals surface area contributed by atoms with Gasteiger partial charge in [0.15, 0.2) is 0 Å². The lowest BCUT2D eigenvalue weighted by Crippen LogP contribution is -2.53. The van der Waals surface area contributed by atoms with Crippen LogP contribution in [0.1, 0.15) is 42.5 Å². The Morgan fingerprint density at radius 1 is 1.25 bits per heavy atom. The van der Waals surface area contributed by atoms with Crippen LogP contribution >= 0.6 is 11.6 Å². The fourth-order valence-electron chi connectivity index (χ4n) is 3.41. The van der Waals surface area contributed by atoms with E-state index in [1.165, 1.54) is 6.07 Å². The highest BCUT2D eigenvalue weighted by atomic mass is 35.5. The van der Waals surface area contributed by atoms with E-state index < -0.39 is 11.7 Å². The summed E-state index contributed by atoms with van der Waals surface area (Å²) in [6.07, 6.45) is 2.01. The molecule has 3 nitrogen and oxygen atoms in total. The van der Waals surface area contributed by atoms with Crippen LogP contribution in [0.4, 0.5) is 13.2 Å². The van der Waals surface area contributed by atoms with Crippen LogP contribution in [0.3, 0.4) is 0 Å². The largest absolute Gasteiger partial charge is 0.349 e. The number of rotatable bonds is 5. The molecular weight excluding hydrogens is 341 g/mol. The van der Waals surface area contributed by atoms with Crippen molar-refractivity contribution in [3.63, 3.8) is 0 Å². The molecule has 2 saturated carbocycles. The molecule has 1 aromatic rings. The molecule has 0 bridgehead atoms. The molecule has 0 aliphatic heterocycles. The fraction of sp³-hybridized carbons (Fsp3) is 0.588. The molecule has 1 aromatic carbocycles. The lowest BCUT2D eigenvalue weighted by atomic mass is 9.86. The number of carbonyl (C=O) groups is 1. The highest BCUT2D eigenvalue weighted by molar-refractivity contribution is 6.31. The molecule has 24 heavy (non-hydrogen) atoms. The van der Waals surface area contributed by atoms with Gasteiger partial charge in [-0.3, -0.25) is 4.79 Å². The van der Waals surface area contributed by atoms with Crippen LogP contribution in [0.5, 0.6) is 0 Å². The van der Waals surface area contributed by atoms with E-state index in [2.05, 4.69) is 10.6 Å². The van der Waals surface area contributed by atoms with Crippen LogP contribution in [-0.4, -0.2) is 30.5 Å². The van der Waals surface area contributed by atoms with E-state index in [9.17, 15) is 18.0 Å². The summed E-state index contributed by atoms with van der Waals surface area (Å²) in [6, 6.07) is 3.97. The molecule has 0 unspecified atom stereocenters. The standard InChI is InChI=1S/C17H20ClF3N2O/c18-12-3-11(4-13(19)5-12)16(24)23-15-6-14(7-15)22-9-10-1-2-17(20,21)8-10/h3-5,10,14-15,22H,1-2,6-9H2,(H,23,24)/t10-,14-,15-/m0/s1. The van der Waals surface area contributed by atoms with Gasteiger partial charge in [-0.25, -0.2) is 13.2 Å². The summed E-state index contributed by atoms with van der Waals surface area (Å²) in [5.41, 5.74) is 0.199. The summed E-state index contributed by atoms with van der Waals surface area (Å²) in [7, 11) is 0. The van der Waals surface area contributed by atoms with Crippen molar-refractivity contribution in [1.29, 1.82) is 0 Å². The van der Waals surface area contributed by atoms with Crippen LogP contribution in [0.2, 0.25) is 5.02 Å². The highest BCUT2D eigenvalue weighted by Gasteiger charge is 2.40. The SMILES string of the molecule is O=C(N[C@H]1C[C@H](NC[C@H]2CCC(F)(F)C2)C1)c1cc(F)cc(Cl)c1. The Labute approximate surface area is 143 Å². The molecule has 0 spiro atoms. The van der Waals surface area contributed by atoms with Gasteiger partial charge in [-0.05, 0) is 49.9 Å². The van der Waals surface area contributed by atoms with Crippen LogP contribution in [0.25, 0.3) is 0 Å². The zero-order valence-corrected chi connectivity index (χ0v) is 13.9. The molecule has 0 radical (unpaired) electrons. The second kappa shape index (κ2) is 6.92. The average Bonchev–Trinajstić information content (AvgIpc) is 2.79. The smallest absolute Gasteiger partial charge is 0.251 e. The van der Waals surface area contributed by atoms with Gasteiger partial charge in [-0.2, -0.15) is 0 Å².